The van der Waals surface area contributed by atoms with Crippen molar-refractivity contribution in [1.29, 1.82) is 5.26 Å². The first kappa shape index (κ1) is 10.1. The molecule has 0 spiro atoms. The number of aromatic amines is 1. The van der Waals surface area contributed by atoms with Gasteiger partial charge in [-0.15, -0.1) is 0 Å². The van der Waals surface area contributed by atoms with Gasteiger partial charge in [-0.3, -0.25) is 9.89 Å². The molecule has 17 heavy (non-hydrogen) atoms. The van der Waals surface area contributed by atoms with Crippen molar-refractivity contribution in [1.82, 2.24) is 14.6 Å². The number of nitrogens with one attached hydrogen (secondary N) is 1. The molecule has 3 rings (SSSR count). The highest BCUT2D eigenvalue weighted by molar-refractivity contribution is 5.58. The van der Waals surface area contributed by atoms with E-state index in [0.717, 1.165) is 36.9 Å². The first-order chi connectivity index (χ1) is 8.22. The van der Waals surface area contributed by atoms with Crippen LogP contribution in [0.5, 0.6) is 0 Å². The van der Waals surface area contributed by atoms with Gasteiger partial charge in [-0.2, -0.15) is 9.78 Å². The zero-order valence-electron chi connectivity index (χ0n) is 9.58. The Labute approximate surface area is 97.7 Å². The molecule has 2 aromatic rings. The van der Waals surface area contributed by atoms with Crippen LogP contribution in [0.3, 0.4) is 0 Å². The Morgan fingerprint density at radius 1 is 1.41 bits per heavy atom. The van der Waals surface area contributed by atoms with Crippen LogP contribution >= 0.6 is 0 Å². The van der Waals surface area contributed by atoms with E-state index in [1.165, 1.54) is 4.52 Å². The van der Waals surface area contributed by atoms with Crippen LogP contribution in [-0.2, 0) is 12.8 Å². The molecule has 1 N–H and O–H groups in total. The van der Waals surface area contributed by atoms with Crippen molar-refractivity contribution in [2.75, 3.05) is 0 Å². The maximum absolute atomic E-state index is 12.2. The number of H-pyrrole nitrogens is 1. The number of aromatic nitrogens is 3. The molecule has 0 atom stereocenters. The fourth-order valence-corrected chi connectivity index (χ4v) is 2.45. The van der Waals surface area contributed by atoms with E-state index in [-0.39, 0.29) is 5.56 Å². The summed E-state index contributed by atoms with van der Waals surface area (Å²) < 4.78 is 1.40. The third-order valence-corrected chi connectivity index (χ3v) is 3.34. The first-order valence-electron chi connectivity index (χ1n) is 5.75. The van der Waals surface area contributed by atoms with Gasteiger partial charge in [-0.1, -0.05) is 0 Å². The average Bonchev–Trinajstić information content (AvgIpc) is 2.66. The highest BCUT2D eigenvalue weighted by Crippen LogP contribution is 2.19. The van der Waals surface area contributed by atoms with Crippen LogP contribution in [0.1, 0.15) is 35.4 Å². The minimum Gasteiger partial charge on any atom is -0.293 e. The largest absolute Gasteiger partial charge is 0.293 e. The Bertz CT molecular complexity index is 702. The number of nitrogens with zero attached hydrogens (tertiary/aromatic N) is 3. The van der Waals surface area contributed by atoms with Crippen molar-refractivity contribution in [2.45, 2.75) is 32.6 Å². The van der Waals surface area contributed by atoms with Crippen molar-refractivity contribution >= 4 is 5.65 Å². The lowest BCUT2D eigenvalue weighted by molar-refractivity contribution is 0.651. The molecule has 1 aliphatic carbocycles. The monoisotopic (exact) mass is 228 g/mol. The highest BCUT2D eigenvalue weighted by Gasteiger charge is 2.19. The van der Waals surface area contributed by atoms with Gasteiger partial charge in [0, 0.05) is 5.56 Å². The molecule has 0 aromatic carbocycles. The second kappa shape index (κ2) is 3.45. The van der Waals surface area contributed by atoms with E-state index in [9.17, 15) is 4.79 Å². The molecule has 0 amide bonds. The fraction of sp³-hybridized carbons (Fsp3) is 0.417. The normalized spacial score (nSPS) is 14.6. The summed E-state index contributed by atoms with van der Waals surface area (Å²) >= 11 is 0. The SMILES string of the molecule is Cc1[nH]n2c(=O)c3c(nc2c1C#N)CCCC3. The fourth-order valence-electron chi connectivity index (χ4n) is 2.45. The minimum absolute atomic E-state index is 0.0469. The maximum atomic E-state index is 12.2. The topological polar surface area (TPSA) is 73.9 Å². The standard InChI is InChI=1S/C12H12N4O/c1-7-9(6-13)11-14-10-5-3-2-4-8(10)12(17)16(11)15-7/h15H,2-5H2,1H3. The maximum Gasteiger partial charge on any atom is 0.276 e. The molecule has 5 heteroatoms. The molecule has 5 nitrogen and oxygen atoms in total. The summed E-state index contributed by atoms with van der Waals surface area (Å²) in [6, 6.07) is 2.10. The van der Waals surface area contributed by atoms with Crippen molar-refractivity contribution in [3.8, 4) is 6.07 Å². The smallest absolute Gasteiger partial charge is 0.276 e. The Balaban J connectivity index is 2.45. The predicted molar refractivity (Wildman–Crippen MR) is 61.9 cm³/mol. The molecule has 0 fully saturated rings. The molecule has 86 valence electrons. The predicted octanol–water partition coefficient (Wildman–Crippen LogP) is 1.08. The number of fused-ring (bicyclic) bond motifs is 2. The van der Waals surface area contributed by atoms with Crippen LogP contribution < -0.4 is 5.56 Å². The Hall–Kier alpha value is -2.09. The summed E-state index contributed by atoms with van der Waals surface area (Å²) in [5.74, 6) is 0. The van der Waals surface area contributed by atoms with E-state index < -0.39 is 0 Å². The molecule has 2 aromatic heterocycles. The number of hydrogen-bond acceptors (Lipinski definition) is 3. The summed E-state index contributed by atoms with van der Waals surface area (Å²) in [6.45, 7) is 1.78. The number of nitriles is 1. The number of rotatable bonds is 0. The van der Waals surface area contributed by atoms with E-state index >= 15 is 0 Å². The van der Waals surface area contributed by atoms with E-state index in [0.29, 0.717) is 16.9 Å². The molecule has 0 aliphatic heterocycles. The van der Waals surface area contributed by atoms with E-state index in [2.05, 4.69) is 16.2 Å². The zero-order chi connectivity index (χ0) is 12.0. The van der Waals surface area contributed by atoms with E-state index in [1.807, 2.05) is 0 Å². The molecule has 2 heterocycles. The van der Waals surface area contributed by atoms with Gasteiger partial charge in [0.25, 0.3) is 5.56 Å². The summed E-state index contributed by atoms with van der Waals surface area (Å²) in [5.41, 5.74) is 3.26. The molecular weight excluding hydrogens is 216 g/mol. The third-order valence-electron chi connectivity index (χ3n) is 3.34. The molecule has 0 radical (unpaired) electrons. The lowest BCUT2D eigenvalue weighted by Crippen LogP contribution is -2.25. The Morgan fingerprint density at radius 2 is 2.18 bits per heavy atom. The Morgan fingerprint density at radius 3 is 2.94 bits per heavy atom. The van der Waals surface area contributed by atoms with Gasteiger partial charge >= 0.3 is 0 Å². The zero-order valence-corrected chi connectivity index (χ0v) is 9.58. The van der Waals surface area contributed by atoms with Crippen molar-refractivity contribution < 1.29 is 0 Å². The quantitative estimate of drug-likeness (QED) is 0.733. The summed E-state index contributed by atoms with van der Waals surface area (Å²) in [7, 11) is 0. The third kappa shape index (κ3) is 1.30. The van der Waals surface area contributed by atoms with E-state index in [1.54, 1.807) is 6.92 Å². The van der Waals surface area contributed by atoms with Gasteiger partial charge in [-0.25, -0.2) is 4.98 Å². The molecule has 0 bridgehead atoms. The van der Waals surface area contributed by atoms with Crippen molar-refractivity contribution in [2.24, 2.45) is 0 Å². The van der Waals surface area contributed by atoms with Gasteiger partial charge in [0.1, 0.15) is 11.6 Å². The van der Waals surface area contributed by atoms with Crippen LogP contribution in [0.4, 0.5) is 0 Å². The van der Waals surface area contributed by atoms with Gasteiger partial charge in [-0.05, 0) is 32.6 Å². The second-order valence-corrected chi connectivity index (χ2v) is 4.43. The van der Waals surface area contributed by atoms with Crippen molar-refractivity contribution in [3.05, 3.63) is 32.9 Å². The van der Waals surface area contributed by atoms with Crippen LogP contribution in [-0.4, -0.2) is 14.6 Å². The molecule has 0 saturated heterocycles. The first-order valence-corrected chi connectivity index (χ1v) is 5.75. The van der Waals surface area contributed by atoms with Gasteiger partial charge in [0.15, 0.2) is 5.65 Å². The summed E-state index contributed by atoms with van der Waals surface area (Å²) in [6.07, 6.45) is 3.75. The van der Waals surface area contributed by atoms with Crippen LogP contribution in [0.2, 0.25) is 0 Å². The van der Waals surface area contributed by atoms with Gasteiger partial charge < -0.3 is 0 Å². The molecule has 1 aliphatic rings. The lowest BCUT2D eigenvalue weighted by Gasteiger charge is -2.13. The van der Waals surface area contributed by atoms with Crippen LogP contribution in [0.15, 0.2) is 4.79 Å². The highest BCUT2D eigenvalue weighted by atomic mass is 16.1. The van der Waals surface area contributed by atoms with Crippen LogP contribution in [0.25, 0.3) is 5.65 Å². The summed E-state index contributed by atoms with van der Waals surface area (Å²) in [4.78, 5) is 16.7. The molecular formula is C12H12N4O. The average molecular weight is 228 g/mol. The lowest BCUT2D eigenvalue weighted by atomic mass is 9.97. The molecule has 0 unspecified atom stereocenters. The Kier molecular flexibility index (Phi) is 2.05. The minimum atomic E-state index is -0.0469. The van der Waals surface area contributed by atoms with Crippen LogP contribution in [0, 0.1) is 18.3 Å². The number of hydrogen-bond donors (Lipinski definition) is 1. The molecule has 0 saturated carbocycles. The van der Waals surface area contributed by atoms with Crippen molar-refractivity contribution in [3.63, 3.8) is 0 Å². The van der Waals surface area contributed by atoms with Gasteiger partial charge in [0.05, 0.1) is 11.4 Å². The number of aryl methyl sites for hydroxylation is 2. The van der Waals surface area contributed by atoms with Gasteiger partial charge in [0.2, 0.25) is 0 Å². The summed E-state index contributed by atoms with van der Waals surface area (Å²) in [5, 5.41) is 12.0. The second-order valence-electron chi connectivity index (χ2n) is 4.43. The van der Waals surface area contributed by atoms with E-state index in [4.69, 9.17) is 5.26 Å².